The molecule has 3 aromatic rings. The summed E-state index contributed by atoms with van der Waals surface area (Å²) in [5, 5.41) is 2.54. The van der Waals surface area contributed by atoms with Gasteiger partial charge in [0.1, 0.15) is 12.4 Å². The molecule has 0 bridgehead atoms. The Morgan fingerprint density at radius 2 is 1.05 bits per heavy atom. The van der Waals surface area contributed by atoms with Crippen molar-refractivity contribution in [2.75, 3.05) is 39.6 Å². The van der Waals surface area contributed by atoms with E-state index in [0.29, 0.717) is 39.6 Å². The minimum Gasteiger partial charge on any atom is -0.491 e. The fourth-order valence-corrected chi connectivity index (χ4v) is 10.1. The third-order valence-corrected chi connectivity index (χ3v) is 12.9. The second-order valence-electron chi connectivity index (χ2n) is 12.1. The molecule has 0 unspecified atom stereocenters. The summed E-state index contributed by atoms with van der Waals surface area (Å²) in [6.45, 7) is 12.4. The van der Waals surface area contributed by atoms with Gasteiger partial charge in [0, 0.05) is 0 Å². The number of hydrogen-bond donors (Lipinski definition) is 0. The summed E-state index contributed by atoms with van der Waals surface area (Å²) in [5.41, 5.74) is 1.39. The molecule has 0 fully saturated rings. The van der Waals surface area contributed by atoms with Gasteiger partial charge in [-0.3, -0.25) is 0 Å². The lowest BCUT2D eigenvalue weighted by molar-refractivity contribution is 0.0264. The Balaban J connectivity index is 1.30. The molecule has 0 spiro atoms. The highest BCUT2D eigenvalue weighted by molar-refractivity contribution is 6.99. The van der Waals surface area contributed by atoms with Crippen molar-refractivity contribution in [2.24, 2.45) is 0 Å². The topological polar surface area (TPSA) is 36.9 Å². The van der Waals surface area contributed by atoms with Crippen molar-refractivity contribution in [2.45, 2.75) is 84.1 Å². The largest absolute Gasteiger partial charge is 0.491 e. The van der Waals surface area contributed by atoms with Crippen LogP contribution in [0, 0.1) is 0 Å². The van der Waals surface area contributed by atoms with E-state index in [2.05, 4.69) is 113 Å². The zero-order valence-electron chi connectivity index (χ0n) is 26.6. The quantitative estimate of drug-likeness (QED) is 0.0931. The summed E-state index contributed by atoms with van der Waals surface area (Å²) < 4.78 is 24.4. The molecule has 0 N–H and O–H groups in total. The summed E-state index contributed by atoms with van der Waals surface area (Å²) in [6.07, 6.45) is 10.6. The summed E-state index contributed by atoms with van der Waals surface area (Å²) in [6, 6.07) is 30.0. The van der Waals surface area contributed by atoms with Crippen LogP contribution in [0.5, 0.6) is 5.75 Å². The van der Waals surface area contributed by atoms with Crippen LogP contribution in [-0.2, 0) is 20.3 Å². The minimum atomic E-state index is -2.51. The van der Waals surface area contributed by atoms with Crippen LogP contribution in [0.3, 0.4) is 0 Å². The molecule has 42 heavy (non-hydrogen) atoms. The van der Waals surface area contributed by atoms with Gasteiger partial charge in [-0.05, 0) is 45.9 Å². The molecule has 0 aliphatic carbocycles. The second kappa shape index (κ2) is 19.0. The van der Waals surface area contributed by atoms with E-state index in [-0.39, 0.29) is 5.04 Å². The van der Waals surface area contributed by atoms with Crippen molar-refractivity contribution in [3.8, 4) is 5.75 Å². The third kappa shape index (κ3) is 11.0. The molecule has 0 aromatic heterocycles. The Hall–Kier alpha value is -2.44. The minimum absolute atomic E-state index is 0.0350. The van der Waals surface area contributed by atoms with Gasteiger partial charge in [0.15, 0.2) is 0 Å². The maximum Gasteiger partial charge on any atom is 0.261 e. The molecule has 4 nitrogen and oxygen atoms in total. The zero-order chi connectivity index (χ0) is 29.9. The zero-order valence-corrected chi connectivity index (χ0v) is 27.6. The number of aryl methyl sites for hydroxylation is 1. The van der Waals surface area contributed by atoms with E-state index in [0.717, 1.165) is 12.2 Å². The van der Waals surface area contributed by atoms with Crippen LogP contribution in [0.25, 0.3) is 0 Å². The number of hydrogen-bond acceptors (Lipinski definition) is 4. The van der Waals surface area contributed by atoms with E-state index >= 15 is 0 Å². The van der Waals surface area contributed by atoms with Crippen molar-refractivity contribution in [1.82, 2.24) is 0 Å². The number of ether oxygens (including phenoxy) is 3. The molecule has 0 aliphatic rings. The molecule has 3 aromatic carbocycles. The average Bonchev–Trinajstić information content (AvgIpc) is 3.00. The van der Waals surface area contributed by atoms with Gasteiger partial charge in [0.05, 0.1) is 33.0 Å². The number of benzene rings is 3. The highest BCUT2D eigenvalue weighted by Crippen LogP contribution is 2.36. The smallest absolute Gasteiger partial charge is 0.261 e. The first-order chi connectivity index (χ1) is 20.5. The van der Waals surface area contributed by atoms with Gasteiger partial charge in [0.25, 0.3) is 8.32 Å². The number of unbranched alkanes of at least 4 members (excludes halogenated alkanes) is 6. The van der Waals surface area contributed by atoms with Gasteiger partial charge in [-0.1, -0.05) is 139 Å². The molecule has 0 heterocycles. The maximum absolute atomic E-state index is 6.87. The first-order valence-electron chi connectivity index (χ1n) is 16.1. The molecule has 0 saturated heterocycles. The van der Waals surface area contributed by atoms with Crippen LogP contribution >= 0.6 is 0 Å². The predicted octanol–water partition coefficient (Wildman–Crippen LogP) is 7.97. The van der Waals surface area contributed by atoms with Crippen LogP contribution in [0.1, 0.15) is 78.2 Å². The monoisotopic (exact) mass is 590 g/mol. The fourth-order valence-electron chi connectivity index (χ4n) is 5.59. The van der Waals surface area contributed by atoms with Gasteiger partial charge < -0.3 is 18.6 Å². The van der Waals surface area contributed by atoms with E-state index in [4.69, 9.17) is 18.6 Å². The first-order valence-corrected chi connectivity index (χ1v) is 18.0. The van der Waals surface area contributed by atoms with Crippen LogP contribution in [0.4, 0.5) is 0 Å². The summed E-state index contributed by atoms with van der Waals surface area (Å²) in [5.74, 6) is 0.902. The SMILES string of the molecule is CCCCCCCCCc1ccc(OCCOCCOCCO[Si](c2ccccc2)(c2ccccc2)C(C)(C)C)cc1. The Bertz CT molecular complexity index is 1040. The third-order valence-electron chi connectivity index (χ3n) is 7.82. The lowest BCUT2D eigenvalue weighted by Gasteiger charge is -2.43. The fraction of sp³-hybridized carbons (Fsp3) is 0.514. The molecule has 0 aliphatic heterocycles. The Morgan fingerprint density at radius 3 is 1.60 bits per heavy atom. The first kappa shape index (κ1) is 34.1. The molecular formula is C37H54O4Si. The summed E-state index contributed by atoms with van der Waals surface area (Å²) in [4.78, 5) is 0. The van der Waals surface area contributed by atoms with E-state index in [9.17, 15) is 0 Å². The van der Waals surface area contributed by atoms with Crippen molar-refractivity contribution in [1.29, 1.82) is 0 Å². The molecule has 0 saturated carbocycles. The lowest BCUT2D eigenvalue weighted by atomic mass is 10.0. The van der Waals surface area contributed by atoms with Gasteiger partial charge in [0.2, 0.25) is 0 Å². The summed E-state index contributed by atoms with van der Waals surface area (Å²) in [7, 11) is -2.51. The van der Waals surface area contributed by atoms with Crippen molar-refractivity contribution in [3.05, 3.63) is 90.5 Å². The normalized spacial score (nSPS) is 12.0. The molecule has 5 heteroatoms. The van der Waals surface area contributed by atoms with Crippen molar-refractivity contribution in [3.63, 3.8) is 0 Å². The van der Waals surface area contributed by atoms with Crippen LogP contribution < -0.4 is 15.1 Å². The van der Waals surface area contributed by atoms with Crippen molar-refractivity contribution < 1.29 is 18.6 Å². The van der Waals surface area contributed by atoms with Crippen molar-refractivity contribution >= 4 is 18.7 Å². The van der Waals surface area contributed by atoms with Crippen LogP contribution in [0.2, 0.25) is 5.04 Å². The van der Waals surface area contributed by atoms with Gasteiger partial charge in [-0.2, -0.15) is 0 Å². The predicted molar refractivity (Wildman–Crippen MR) is 179 cm³/mol. The Labute approximate surface area is 256 Å². The molecule has 0 amide bonds. The van der Waals surface area contributed by atoms with Gasteiger partial charge >= 0.3 is 0 Å². The highest BCUT2D eigenvalue weighted by atomic mass is 28.4. The van der Waals surface area contributed by atoms with Crippen LogP contribution in [0.15, 0.2) is 84.9 Å². The van der Waals surface area contributed by atoms with Crippen LogP contribution in [-0.4, -0.2) is 48.0 Å². The lowest BCUT2D eigenvalue weighted by Crippen LogP contribution is -2.66. The number of rotatable bonds is 21. The second-order valence-corrected chi connectivity index (χ2v) is 16.4. The molecule has 230 valence electrons. The Morgan fingerprint density at radius 1 is 0.548 bits per heavy atom. The van der Waals surface area contributed by atoms with E-state index < -0.39 is 8.32 Å². The Kier molecular flexibility index (Phi) is 15.4. The van der Waals surface area contributed by atoms with E-state index in [1.54, 1.807) is 0 Å². The molecular weight excluding hydrogens is 536 g/mol. The van der Waals surface area contributed by atoms with E-state index in [1.165, 1.54) is 60.9 Å². The maximum atomic E-state index is 6.87. The van der Waals surface area contributed by atoms with E-state index in [1.807, 2.05) is 0 Å². The molecule has 0 atom stereocenters. The summed E-state index contributed by atoms with van der Waals surface area (Å²) >= 11 is 0. The molecule has 0 radical (unpaired) electrons. The highest BCUT2D eigenvalue weighted by Gasteiger charge is 2.49. The van der Waals surface area contributed by atoms with Gasteiger partial charge in [-0.15, -0.1) is 0 Å². The molecule has 3 rings (SSSR count). The standard InChI is InChI=1S/C37H54O4Si/c1-5-6-7-8-9-10-13-18-33-23-25-34(26-24-33)40-31-29-38-27-28-39-30-32-41-42(37(2,3)4,35-19-14-11-15-20-35)36-21-16-12-17-22-36/h11-12,14-17,19-26H,5-10,13,18,27-32H2,1-4H3. The van der Waals surface area contributed by atoms with Gasteiger partial charge in [-0.25, -0.2) is 0 Å². The average molecular weight is 591 g/mol.